The maximum absolute atomic E-state index is 12.8. The molecule has 1 amide bonds. The largest absolute Gasteiger partial charge is 0.489 e. The molecule has 0 unspecified atom stereocenters. The molecule has 0 saturated carbocycles. The smallest absolute Gasteiger partial charge is 0.261 e. The van der Waals surface area contributed by atoms with E-state index in [1.54, 1.807) is 24.3 Å². The second kappa shape index (κ2) is 12.8. The van der Waals surface area contributed by atoms with Crippen molar-refractivity contribution in [3.05, 3.63) is 113 Å². The van der Waals surface area contributed by atoms with E-state index in [-0.39, 0.29) is 32.0 Å². The van der Waals surface area contributed by atoms with Gasteiger partial charge in [0, 0.05) is 15.7 Å². The third-order valence-corrected chi connectivity index (χ3v) is 8.60. The molecule has 0 spiro atoms. The molecule has 0 aliphatic rings. The number of carbonyl (C=O) groups excluding carboxylic acids is 1. The predicted molar refractivity (Wildman–Crippen MR) is 162 cm³/mol. The molecule has 41 heavy (non-hydrogen) atoms. The fraction of sp³-hybridized carbons (Fsp3) is 0.107. The van der Waals surface area contributed by atoms with Crippen LogP contribution in [0.15, 0.2) is 102 Å². The van der Waals surface area contributed by atoms with Crippen molar-refractivity contribution in [2.75, 3.05) is 27.1 Å². The Morgan fingerprint density at radius 1 is 0.805 bits per heavy atom. The molecule has 0 heterocycles. The molecule has 0 fully saturated rings. The van der Waals surface area contributed by atoms with Gasteiger partial charge >= 0.3 is 0 Å². The van der Waals surface area contributed by atoms with E-state index in [0.29, 0.717) is 12.4 Å². The number of sulfonamides is 2. The zero-order valence-corrected chi connectivity index (χ0v) is 24.8. The molecule has 214 valence electrons. The lowest BCUT2D eigenvalue weighted by Gasteiger charge is -2.22. The van der Waals surface area contributed by atoms with E-state index in [9.17, 15) is 21.6 Å². The van der Waals surface area contributed by atoms with Crippen LogP contribution >= 0.6 is 23.2 Å². The standard InChI is InChI=1S/C28H25Cl2N3O6S2/c1-40(35,36)33(25-9-11-26(12-10-25)39-19-20-5-3-2-4-6-20)18-28(34)31-23-7-13-27(14-8-23)41(37,38)32-24-16-21(29)15-22(30)17-24/h2-17,32H,18-19H2,1H3,(H,31,34). The number of amides is 1. The molecular weight excluding hydrogens is 609 g/mol. The predicted octanol–water partition coefficient (Wildman–Crippen LogP) is 5.78. The molecule has 0 bridgehead atoms. The van der Waals surface area contributed by atoms with Gasteiger partial charge in [-0.25, -0.2) is 16.8 Å². The van der Waals surface area contributed by atoms with Crippen molar-refractivity contribution < 1.29 is 26.4 Å². The van der Waals surface area contributed by atoms with E-state index in [4.69, 9.17) is 27.9 Å². The van der Waals surface area contributed by atoms with Gasteiger partial charge in [-0.2, -0.15) is 0 Å². The third kappa shape index (κ3) is 8.61. The first-order valence-electron chi connectivity index (χ1n) is 12.0. The van der Waals surface area contributed by atoms with Crippen molar-refractivity contribution in [3.8, 4) is 5.75 Å². The summed E-state index contributed by atoms with van der Waals surface area (Å²) in [5, 5.41) is 3.12. The highest BCUT2D eigenvalue weighted by atomic mass is 35.5. The highest BCUT2D eigenvalue weighted by Crippen LogP contribution is 2.26. The number of nitrogens with one attached hydrogen (secondary N) is 2. The molecular formula is C28H25Cl2N3O6S2. The van der Waals surface area contributed by atoms with Gasteiger partial charge in [-0.15, -0.1) is 0 Å². The lowest BCUT2D eigenvalue weighted by molar-refractivity contribution is -0.114. The topological polar surface area (TPSA) is 122 Å². The zero-order chi connectivity index (χ0) is 29.6. The summed E-state index contributed by atoms with van der Waals surface area (Å²) in [6, 6.07) is 25.6. The van der Waals surface area contributed by atoms with E-state index >= 15 is 0 Å². The number of carbonyl (C=O) groups is 1. The minimum atomic E-state index is -3.97. The summed E-state index contributed by atoms with van der Waals surface area (Å²) in [7, 11) is -7.78. The summed E-state index contributed by atoms with van der Waals surface area (Å²) >= 11 is 11.9. The van der Waals surface area contributed by atoms with Crippen LogP contribution in [0.25, 0.3) is 0 Å². The number of hydrogen-bond acceptors (Lipinski definition) is 6. The molecule has 0 atom stereocenters. The number of halogens is 2. The van der Waals surface area contributed by atoms with Gasteiger partial charge < -0.3 is 10.1 Å². The summed E-state index contributed by atoms with van der Waals surface area (Å²) in [5.74, 6) is -0.0828. The van der Waals surface area contributed by atoms with E-state index in [0.717, 1.165) is 16.1 Å². The Labute approximate surface area is 248 Å². The molecule has 0 aromatic heterocycles. The van der Waals surface area contributed by atoms with E-state index < -0.39 is 32.5 Å². The first-order valence-corrected chi connectivity index (χ1v) is 16.1. The van der Waals surface area contributed by atoms with Crippen molar-refractivity contribution in [1.82, 2.24) is 0 Å². The van der Waals surface area contributed by atoms with E-state index in [2.05, 4.69) is 10.0 Å². The van der Waals surface area contributed by atoms with Crippen LogP contribution in [-0.2, 0) is 31.4 Å². The van der Waals surface area contributed by atoms with Crippen LogP contribution in [0.1, 0.15) is 5.56 Å². The number of ether oxygens (including phenoxy) is 1. The number of anilines is 3. The molecule has 0 aliphatic heterocycles. The molecule has 4 rings (SSSR count). The minimum Gasteiger partial charge on any atom is -0.489 e. The number of rotatable bonds is 11. The summed E-state index contributed by atoms with van der Waals surface area (Å²) in [4.78, 5) is 12.7. The van der Waals surface area contributed by atoms with Crippen LogP contribution in [0, 0.1) is 0 Å². The summed E-state index contributed by atoms with van der Waals surface area (Å²) in [5.41, 5.74) is 1.73. The minimum absolute atomic E-state index is 0.0704. The lowest BCUT2D eigenvalue weighted by atomic mass is 10.2. The average Bonchev–Trinajstić information content (AvgIpc) is 2.90. The van der Waals surface area contributed by atoms with Crippen LogP contribution in [0.4, 0.5) is 17.1 Å². The van der Waals surface area contributed by atoms with Gasteiger partial charge in [-0.05, 0) is 72.3 Å². The van der Waals surface area contributed by atoms with Crippen LogP contribution in [0.3, 0.4) is 0 Å². The second-order valence-corrected chi connectivity index (χ2v) is 13.3. The Morgan fingerprint density at radius 3 is 2.00 bits per heavy atom. The summed E-state index contributed by atoms with van der Waals surface area (Å²) in [6.07, 6.45) is 1.000. The highest BCUT2D eigenvalue weighted by Gasteiger charge is 2.21. The van der Waals surface area contributed by atoms with Crippen molar-refractivity contribution >= 4 is 66.2 Å². The summed E-state index contributed by atoms with van der Waals surface area (Å²) < 4.78 is 59.6. The Bertz CT molecular complexity index is 1710. The normalized spacial score (nSPS) is 11.5. The Kier molecular flexibility index (Phi) is 9.44. The van der Waals surface area contributed by atoms with Crippen LogP contribution < -0.4 is 19.1 Å². The van der Waals surface area contributed by atoms with Gasteiger partial charge in [0.05, 0.1) is 22.5 Å². The quantitative estimate of drug-likeness (QED) is 0.216. The van der Waals surface area contributed by atoms with Gasteiger partial charge in [-0.1, -0.05) is 53.5 Å². The maximum Gasteiger partial charge on any atom is 0.261 e. The van der Waals surface area contributed by atoms with Gasteiger partial charge in [0.1, 0.15) is 18.9 Å². The Morgan fingerprint density at radius 2 is 1.41 bits per heavy atom. The molecule has 0 radical (unpaired) electrons. The molecule has 4 aromatic carbocycles. The molecule has 4 aromatic rings. The Hall–Kier alpha value is -3.77. The Balaban J connectivity index is 1.39. The SMILES string of the molecule is CS(=O)(=O)N(CC(=O)Nc1ccc(S(=O)(=O)Nc2cc(Cl)cc(Cl)c2)cc1)c1ccc(OCc2ccccc2)cc1. The van der Waals surface area contributed by atoms with Crippen molar-refractivity contribution in [1.29, 1.82) is 0 Å². The highest BCUT2D eigenvalue weighted by molar-refractivity contribution is 7.92. The van der Waals surface area contributed by atoms with Gasteiger partial charge in [0.15, 0.2) is 0 Å². The molecule has 0 saturated heterocycles. The van der Waals surface area contributed by atoms with E-state index in [1.165, 1.54) is 42.5 Å². The molecule has 9 nitrogen and oxygen atoms in total. The molecule has 13 heteroatoms. The lowest BCUT2D eigenvalue weighted by Crippen LogP contribution is -2.37. The van der Waals surface area contributed by atoms with Crippen LogP contribution in [0.5, 0.6) is 5.75 Å². The van der Waals surface area contributed by atoms with Gasteiger partial charge in [0.2, 0.25) is 15.9 Å². The fourth-order valence-corrected chi connectivity index (χ4v) is 6.15. The third-order valence-electron chi connectivity index (χ3n) is 5.62. The number of benzene rings is 4. The van der Waals surface area contributed by atoms with Gasteiger partial charge in [0.25, 0.3) is 10.0 Å². The monoisotopic (exact) mass is 633 g/mol. The van der Waals surface area contributed by atoms with Crippen LogP contribution in [-0.4, -0.2) is 35.5 Å². The fourth-order valence-electron chi connectivity index (χ4n) is 3.72. The van der Waals surface area contributed by atoms with Crippen molar-refractivity contribution in [3.63, 3.8) is 0 Å². The molecule has 0 aliphatic carbocycles. The number of hydrogen-bond donors (Lipinski definition) is 2. The number of nitrogens with zero attached hydrogens (tertiary/aromatic N) is 1. The van der Waals surface area contributed by atoms with Crippen LogP contribution in [0.2, 0.25) is 10.0 Å². The maximum atomic E-state index is 12.8. The van der Waals surface area contributed by atoms with Gasteiger partial charge in [-0.3, -0.25) is 13.8 Å². The first kappa shape index (κ1) is 30.2. The molecule has 2 N–H and O–H groups in total. The van der Waals surface area contributed by atoms with Crippen molar-refractivity contribution in [2.24, 2.45) is 0 Å². The average molecular weight is 635 g/mol. The van der Waals surface area contributed by atoms with E-state index in [1.807, 2.05) is 30.3 Å². The zero-order valence-electron chi connectivity index (χ0n) is 21.6. The van der Waals surface area contributed by atoms with Crippen molar-refractivity contribution in [2.45, 2.75) is 11.5 Å². The first-order chi connectivity index (χ1) is 19.4. The second-order valence-electron chi connectivity index (χ2n) is 8.87. The summed E-state index contributed by atoms with van der Waals surface area (Å²) in [6.45, 7) is -0.149.